The SMILES string of the molecule is OCCc1cc2c(CCO)cccc2c2ccccc12. The van der Waals surface area contributed by atoms with Gasteiger partial charge in [0.2, 0.25) is 0 Å². The summed E-state index contributed by atoms with van der Waals surface area (Å²) < 4.78 is 0. The molecule has 0 unspecified atom stereocenters. The molecule has 3 rings (SSSR count). The molecule has 0 aliphatic carbocycles. The van der Waals surface area contributed by atoms with E-state index in [0.717, 1.165) is 5.56 Å². The minimum atomic E-state index is 0.150. The first kappa shape index (κ1) is 13.1. The minimum Gasteiger partial charge on any atom is -0.396 e. The summed E-state index contributed by atoms with van der Waals surface area (Å²) in [6.45, 7) is 0.305. The van der Waals surface area contributed by atoms with Crippen LogP contribution in [0.15, 0.2) is 48.5 Å². The Morgan fingerprint density at radius 1 is 0.600 bits per heavy atom. The molecule has 0 aliphatic heterocycles. The molecule has 2 heteroatoms. The Bertz CT molecular complexity index is 742. The lowest BCUT2D eigenvalue weighted by molar-refractivity contribution is 0.299. The molecule has 0 heterocycles. The third-order valence-corrected chi connectivity index (χ3v) is 3.84. The van der Waals surface area contributed by atoms with E-state index in [0.29, 0.717) is 12.8 Å². The zero-order chi connectivity index (χ0) is 13.9. The summed E-state index contributed by atoms with van der Waals surface area (Å²) in [6.07, 6.45) is 1.32. The molecule has 0 radical (unpaired) electrons. The van der Waals surface area contributed by atoms with Crippen LogP contribution < -0.4 is 0 Å². The highest BCUT2D eigenvalue weighted by Crippen LogP contribution is 2.31. The molecule has 0 saturated carbocycles. The first-order valence-electron chi connectivity index (χ1n) is 6.99. The van der Waals surface area contributed by atoms with Crippen molar-refractivity contribution >= 4 is 21.5 Å². The average molecular weight is 266 g/mol. The number of rotatable bonds is 4. The van der Waals surface area contributed by atoms with Crippen molar-refractivity contribution in [1.82, 2.24) is 0 Å². The number of hydrogen-bond acceptors (Lipinski definition) is 2. The Labute approximate surface area is 118 Å². The molecule has 0 amide bonds. The summed E-state index contributed by atoms with van der Waals surface area (Å²) in [6, 6.07) is 16.7. The molecule has 3 aromatic carbocycles. The van der Waals surface area contributed by atoms with Gasteiger partial charge in [-0.3, -0.25) is 0 Å². The largest absolute Gasteiger partial charge is 0.396 e. The second-order valence-electron chi connectivity index (χ2n) is 5.04. The fourth-order valence-corrected chi connectivity index (χ4v) is 2.93. The van der Waals surface area contributed by atoms with Gasteiger partial charge in [0, 0.05) is 13.2 Å². The molecule has 0 spiro atoms. The molecule has 3 aromatic rings. The summed E-state index contributed by atoms with van der Waals surface area (Å²) in [7, 11) is 0. The fourth-order valence-electron chi connectivity index (χ4n) is 2.93. The molecule has 0 aliphatic rings. The van der Waals surface area contributed by atoms with Crippen LogP contribution >= 0.6 is 0 Å². The molecule has 20 heavy (non-hydrogen) atoms. The van der Waals surface area contributed by atoms with E-state index in [1.165, 1.54) is 27.1 Å². The lowest BCUT2D eigenvalue weighted by Crippen LogP contribution is -1.96. The summed E-state index contributed by atoms with van der Waals surface area (Å²) >= 11 is 0. The molecular formula is C18H18O2. The van der Waals surface area contributed by atoms with E-state index >= 15 is 0 Å². The summed E-state index contributed by atoms with van der Waals surface area (Å²) in [5.41, 5.74) is 2.33. The van der Waals surface area contributed by atoms with E-state index in [9.17, 15) is 10.2 Å². The maximum atomic E-state index is 9.28. The molecule has 2 N–H and O–H groups in total. The summed E-state index contributed by atoms with van der Waals surface area (Å²) in [5.74, 6) is 0. The van der Waals surface area contributed by atoms with E-state index in [-0.39, 0.29) is 13.2 Å². The monoisotopic (exact) mass is 266 g/mol. The molecule has 0 saturated heterocycles. The van der Waals surface area contributed by atoms with Gasteiger partial charge in [-0.1, -0.05) is 48.5 Å². The van der Waals surface area contributed by atoms with Crippen LogP contribution in [-0.2, 0) is 12.8 Å². The van der Waals surface area contributed by atoms with E-state index < -0.39 is 0 Å². The standard InChI is InChI=1S/C18H18O2/c19-10-8-13-4-3-7-17-16-6-2-1-5-15(16)14(9-11-20)12-18(13)17/h1-7,12,19-20H,8-11H2. The topological polar surface area (TPSA) is 40.5 Å². The number of aliphatic hydroxyl groups is 2. The summed E-state index contributed by atoms with van der Waals surface area (Å²) in [5, 5.41) is 23.3. The molecule has 0 aromatic heterocycles. The molecule has 0 atom stereocenters. The van der Waals surface area contributed by atoms with E-state index in [1.54, 1.807) is 0 Å². The lowest BCUT2D eigenvalue weighted by Gasteiger charge is -2.12. The third-order valence-electron chi connectivity index (χ3n) is 3.84. The molecule has 2 nitrogen and oxygen atoms in total. The van der Waals surface area contributed by atoms with Crippen LogP contribution in [-0.4, -0.2) is 23.4 Å². The van der Waals surface area contributed by atoms with Crippen LogP contribution in [0, 0.1) is 0 Å². The van der Waals surface area contributed by atoms with Gasteiger partial charge in [0.1, 0.15) is 0 Å². The zero-order valence-electron chi connectivity index (χ0n) is 11.3. The van der Waals surface area contributed by atoms with E-state index in [2.05, 4.69) is 30.3 Å². The second-order valence-corrected chi connectivity index (χ2v) is 5.04. The van der Waals surface area contributed by atoms with E-state index in [4.69, 9.17) is 0 Å². The normalized spacial score (nSPS) is 11.3. The van der Waals surface area contributed by atoms with Gasteiger partial charge in [0.05, 0.1) is 0 Å². The van der Waals surface area contributed by atoms with Crippen LogP contribution in [0.4, 0.5) is 0 Å². The van der Waals surface area contributed by atoms with Crippen molar-refractivity contribution in [3.8, 4) is 0 Å². The number of fused-ring (bicyclic) bond motifs is 3. The van der Waals surface area contributed by atoms with Crippen LogP contribution in [0.2, 0.25) is 0 Å². The molecule has 0 bridgehead atoms. The minimum absolute atomic E-state index is 0.150. The van der Waals surface area contributed by atoms with Crippen LogP contribution in [0.25, 0.3) is 21.5 Å². The Balaban J connectivity index is 2.39. The zero-order valence-corrected chi connectivity index (χ0v) is 11.3. The van der Waals surface area contributed by atoms with Crippen LogP contribution in [0.3, 0.4) is 0 Å². The smallest absolute Gasteiger partial charge is 0.0471 e. The quantitative estimate of drug-likeness (QED) is 0.712. The summed E-state index contributed by atoms with van der Waals surface area (Å²) in [4.78, 5) is 0. The Morgan fingerprint density at radius 2 is 1.20 bits per heavy atom. The number of aliphatic hydroxyl groups excluding tert-OH is 2. The average Bonchev–Trinajstić information content (AvgIpc) is 2.49. The highest BCUT2D eigenvalue weighted by atomic mass is 16.3. The van der Waals surface area contributed by atoms with Gasteiger partial charge in [0.15, 0.2) is 0 Å². The van der Waals surface area contributed by atoms with Gasteiger partial charge < -0.3 is 10.2 Å². The van der Waals surface area contributed by atoms with Gasteiger partial charge in [-0.05, 0) is 45.5 Å². The predicted molar refractivity (Wildman–Crippen MR) is 83.0 cm³/mol. The van der Waals surface area contributed by atoms with Crippen LogP contribution in [0.1, 0.15) is 11.1 Å². The second kappa shape index (κ2) is 5.61. The Kier molecular flexibility index (Phi) is 3.68. The Morgan fingerprint density at radius 3 is 1.95 bits per heavy atom. The van der Waals surface area contributed by atoms with Crippen molar-refractivity contribution < 1.29 is 10.2 Å². The van der Waals surface area contributed by atoms with Crippen molar-refractivity contribution in [2.45, 2.75) is 12.8 Å². The highest BCUT2D eigenvalue weighted by Gasteiger charge is 2.08. The van der Waals surface area contributed by atoms with Crippen LogP contribution in [0.5, 0.6) is 0 Å². The van der Waals surface area contributed by atoms with E-state index in [1.807, 2.05) is 18.2 Å². The van der Waals surface area contributed by atoms with Gasteiger partial charge in [-0.25, -0.2) is 0 Å². The predicted octanol–water partition coefficient (Wildman–Crippen LogP) is 3.06. The number of benzene rings is 3. The van der Waals surface area contributed by atoms with Crippen molar-refractivity contribution in [2.24, 2.45) is 0 Å². The number of hydrogen-bond donors (Lipinski definition) is 2. The third kappa shape index (κ3) is 2.17. The van der Waals surface area contributed by atoms with Gasteiger partial charge >= 0.3 is 0 Å². The first-order chi connectivity index (χ1) is 9.85. The van der Waals surface area contributed by atoms with Crippen molar-refractivity contribution in [3.05, 3.63) is 59.7 Å². The van der Waals surface area contributed by atoms with Gasteiger partial charge in [0.25, 0.3) is 0 Å². The molecular weight excluding hydrogens is 248 g/mol. The van der Waals surface area contributed by atoms with Gasteiger partial charge in [-0.2, -0.15) is 0 Å². The maximum absolute atomic E-state index is 9.28. The first-order valence-corrected chi connectivity index (χ1v) is 6.99. The van der Waals surface area contributed by atoms with Crippen molar-refractivity contribution in [2.75, 3.05) is 13.2 Å². The molecule has 0 fully saturated rings. The van der Waals surface area contributed by atoms with Crippen molar-refractivity contribution in [1.29, 1.82) is 0 Å². The Hall–Kier alpha value is -1.90. The molecule has 102 valence electrons. The fraction of sp³-hybridized carbons (Fsp3) is 0.222. The maximum Gasteiger partial charge on any atom is 0.0471 e. The van der Waals surface area contributed by atoms with Crippen molar-refractivity contribution in [3.63, 3.8) is 0 Å². The lowest BCUT2D eigenvalue weighted by atomic mass is 9.93. The highest BCUT2D eigenvalue weighted by molar-refractivity contribution is 6.09. The van der Waals surface area contributed by atoms with Gasteiger partial charge in [-0.15, -0.1) is 0 Å².